The van der Waals surface area contributed by atoms with Gasteiger partial charge in [0.15, 0.2) is 4.73 Å². The van der Waals surface area contributed by atoms with E-state index < -0.39 is 0 Å². The Hall–Kier alpha value is -0.840. The van der Waals surface area contributed by atoms with Gasteiger partial charge in [-0.05, 0) is 29.8 Å². The minimum atomic E-state index is 0.295. The highest BCUT2D eigenvalue weighted by atomic mass is 79.9. The molecule has 1 rings (SSSR count). The van der Waals surface area contributed by atoms with Crippen LogP contribution in [-0.2, 0) is 6.54 Å². The van der Waals surface area contributed by atoms with Crippen molar-refractivity contribution < 1.29 is 0 Å². The number of nitrogens with zero attached hydrogens (tertiary/aromatic N) is 3. The molecular weight excluding hydrogens is 220 g/mol. The van der Waals surface area contributed by atoms with Gasteiger partial charge in [-0.1, -0.05) is 11.6 Å². The molecule has 1 heterocycles. The number of nitrogen functional groups attached to an aromatic ring is 1. The summed E-state index contributed by atoms with van der Waals surface area (Å²) in [5.74, 6) is 0.295. The quantitative estimate of drug-likeness (QED) is 0.786. The van der Waals surface area contributed by atoms with E-state index in [0.29, 0.717) is 17.2 Å². The largest absolute Gasteiger partial charge is 0.366 e. The van der Waals surface area contributed by atoms with E-state index in [9.17, 15) is 0 Å². The molecule has 0 amide bonds. The molecule has 0 aliphatic rings. The van der Waals surface area contributed by atoms with E-state index in [0.717, 1.165) is 0 Å². The number of nitrogens with two attached hydrogens (primary N) is 1. The molecule has 1 aromatic rings. The molecule has 0 radical (unpaired) electrons. The van der Waals surface area contributed by atoms with Gasteiger partial charge in [-0.15, -0.1) is 5.10 Å². The Labute approximate surface area is 79.6 Å². The predicted molar refractivity (Wildman–Crippen MR) is 51.6 cm³/mol. The summed E-state index contributed by atoms with van der Waals surface area (Å²) in [5, 5.41) is 3.97. The molecule has 0 atom stereocenters. The maximum Gasteiger partial charge on any atom is 0.240 e. The lowest BCUT2D eigenvalue weighted by atomic mass is 10.3. The first-order chi connectivity index (χ1) is 5.59. The second-order valence-corrected chi connectivity index (χ2v) is 3.41. The summed E-state index contributed by atoms with van der Waals surface area (Å²) in [7, 11) is 0. The van der Waals surface area contributed by atoms with Crippen molar-refractivity contribution in [2.45, 2.75) is 20.4 Å². The lowest BCUT2D eigenvalue weighted by Crippen LogP contribution is -1.99. The normalized spacial score (nSPS) is 9.92. The molecule has 5 heteroatoms. The van der Waals surface area contributed by atoms with Crippen molar-refractivity contribution in [1.29, 1.82) is 0 Å². The number of hydrogen-bond acceptors (Lipinski definition) is 3. The van der Waals surface area contributed by atoms with Gasteiger partial charge in [0.25, 0.3) is 0 Å². The van der Waals surface area contributed by atoms with Gasteiger partial charge in [-0.3, -0.25) is 0 Å². The number of hydrogen-bond donors (Lipinski definition) is 1. The topological polar surface area (TPSA) is 56.7 Å². The molecular formula is C7H11BrN4. The van der Waals surface area contributed by atoms with Crippen molar-refractivity contribution in [3.8, 4) is 0 Å². The van der Waals surface area contributed by atoms with Crippen LogP contribution in [0.25, 0.3) is 0 Å². The standard InChI is InChI=1S/C7H11BrN4/c1-5(2)3-4-12-6(8)10-7(9)11-12/h3H,4H2,1-2H3,(H2,9,11). The fourth-order valence-corrected chi connectivity index (χ4v) is 1.13. The fourth-order valence-electron chi connectivity index (χ4n) is 0.725. The average molecular weight is 231 g/mol. The summed E-state index contributed by atoms with van der Waals surface area (Å²) in [6, 6.07) is 0. The van der Waals surface area contributed by atoms with Crippen molar-refractivity contribution in [2.75, 3.05) is 5.73 Å². The zero-order valence-corrected chi connectivity index (χ0v) is 8.67. The predicted octanol–water partition coefficient (Wildman–Crippen LogP) is 1.59. The summed E-state index contributed by atoms with van der Waals surface area (Å²) >= 11 is 3.25. The molecule has 0 saturated carbocycles. The summed E-state index contributed by atoms with van der Waals surface area (Å²) < 4.78 is 2.36. The van der Waals surface area contributed by atoms with Gasteiger partial charge in [-0.25, -0.2) is 4.68 Å². The van der Waals surface area contributed by atoms with Crippen molar-refractivity contribution in [1.82, 2.24) is 14.8 Å². The van der Waals surface area contributed by atoms with Crippen LogP contribution in [0.5, 0.6) is 0 Å². The third-order valence-electron chi connectivity index (χ3n) is 1.32. The van der Waals surface area contributed by atoms with E-state index >= 15 is 0 Å². The summed E-state index contributed by atoms with van der Waals surface area (Å²) in [4.78, 5) is 3.91. The molecule has 0 unspecified atom stereocenters. The van der Waals surface area contributed by atoms with Crippen molar-refractivity contribution in [2.24, 2.45) is 0 Å². The fraction of sp³-hybridized carbons (Fsp3) is 0.429. The Morgan fingerprint density at radius 1 is 1.67 bits per heavy atom. The third-order valence-corrected chi connectivity index (χ3v) is 1.90. The molecule has 4 nitrogen and oxygen atoms in total. The highest BCUT2D eigenvalue weighted by molar-refractivity contribution is 9.10. The monoisotopic (exact) mass is 230 g/mol. The molecule has 1 aromatic heterocycles. The number of anilines is 1. The Kier molecular flexibility index (Phi) is 2.86. The molecule has 0 bridgehead atoms. The minimum Gasteiger partial charge on any atom is -0.366 e. The highest BCUT2D eigenvalue weighted by Gasteiger charge is 2.01. The molecule has 0 saturated heterocycles. The third kappa shape index (κ3) is 2.34. The van der Waals surface area contributed by atoms with Crippen molar-refractivity contribution >= 4 is 21.9 Å². The molecule has 12 heavy (non-hydrogen) atoms. The summed E-state index contributed by atoms with van der Waals surface area (Å²) in [6.45, 7) is 4.77. The van der Waals surface area contributed by atoms with E-state index in [4.69, 9.17) is 5.73 Å². The second kappa shape index (κ2) is 3.71. The first-order valence-corrected chi connectivity index (χ1v) is 4.38. The van der Waals surface area contributed by atoms with Gasteiger partial charge >= 0.3 is 0 Å². The Balaban J connectivity index is 2.75. The van der Waals surface area contributed by atoms with Crippen LogP contribution in [0.2, 0.25) is 0 Å². The van der Waals surface area contributed by atoms with Crippen LogP contribution in [-0.4, -0.2) is 14.8 Å². The number of halogens is 1. The summed E-state index contributed by atoms with van der Waals surface area (Å²) in [5.41, 5.74) is 6.64. The van der Waals surface area contributed by atoms with Gasteiger partial charge in [0.2, 0.25) is 5.95 Å². The lowest BCUT2D eigenvalue weighted by molar-refractivity contribution is 0.681. The van der Waals surface area contributed by atoms with E-state index in [1.807, 2.05) is 13.8 Å². The Bertz CT molecular complexity index is 298. The smallest absolute Gasteiger partial charge is 0.240 e. The maximum atomic E-state index is 5.39. The van der Waals surface area contributed by atoms with Crippen LogP contribution in [0.15, 0.2) is 16.4 Å². The van der Waals surface area contributed by atoms with E-state index in [1.165, 1.54) is 5.57 Å². The van der Waals surface area contributed by atoms with Crippen molar-refractivity contribution in [3.63, 3.8) is 0 Å². The zero-order valence-electron chi connectivity index (χ0n) is 7.08. The Morgan fingerprint density at radius 2 is 2.33 bits per heavy atom. The van der Waals surface area contributed by atoms with E-state index in [-0.39, 0.29) is 0 Å². The molecule has 2 N–H and O–H groups in total. The minimum absolute atomic E-state index is 0.295. The molecule has 0 spiro atoms. The Morgan fingerprint density at radius 3 is 2.75 bits per heavy atom. The number of allylic oxidation sites excluding steroid dienone is 2. The van der Waals surface area contributed by atoms with Crippen LogP contribution in [0.3, 0.4) is 0 Å². The van der Waals surface area contributed by atoms with Crippen LogP contribution < -0.4 is 5.73 Å². The van der Waals surface area contributed by atoms with Gasteiger partial charge in [0, 0.05) is 0 Å². The molecule has 0 aliphatic carbocycles. The first kappa shape index (κ1) is 9.25. The van der Waals surface area contributed by atoms with E-state index in [2.05, 4.69) is 32.1 Å². The van der Waals surface area contributed by atoms with Gasteiger partial charge < -0.3 is 5.73 Å². The van der Waals surface area contributed by atoms with Crippen LogP contribution >= 0.6 is 15.9 Å². The van der Waals surface area contributed by atoms with Gasteiger partial charge in [0.1, 0.15) is 0 Å². The average Bonchev–Trinajstić information content (AvgIpc) is 2.26. The number of aromatic nitrogens is 3. The van der Waals surface area contributed by atoms with Gasteiger partial charge in [-0.2, -0.15) is 4.98 Å². The van der Waals surface area contributed by atoms with Crippen LogP contribution in [0.4, 0.5) is 5.95 Å². The van der Waals surface area contributed by atoms with E-state index in [1.54, 1.807) is 4.68 Å². The maximum absolute atomic E-state index is 5.39. The van der Waals surface area contributed by atoms with Crippen LogP contribution in [0, 0.1) is 0 Å². The SMILES string of the molecule is CC(C)=CCn1nc(N)nc1Br. The molecule has 66 valence electrons. The van der Waals surface area contributed by atoms with Crippen molar-refractivity contribution in [3.05, 3.63) is 16.4 Å². The molecule has 0 aromatic carbocycles. The molecule has 0 fully saturated rings. The van der Waals surface area contributed by atoms with Gasteiger partial charge in [0.05, 0.1) is 6.54 Å². The zero-order chi connectivity index (χ0) is 9.14. The second-order valence-electron chi connectivity index (χ2n) is 2.70. The molecule has 0 aliphatic heterocycles. The number of rotatable bonds is 2. The van der Waals surface area contributed by atoms with Crippen LogP contribution in [0.1, 0.15) is 13.8 Å². The summed E-state index contributed by atoms with van der Waals surface area (Å²) in [6.07, 6.45) is 2.05. The highest BCUT2D eigenvalue weighted by Crippen LogP contribution is 2.07. The lowest BCUT2D eigenvalue weighted by Gasteiger charge is -1.95. The first-order valence-electron chi connectivity index (χ1n) is 3.59.